The largest absolute Gasteiger partial charge is 0.496 e. The highest BCUT2D eigenvalue weighted by Gasteiger charge is 2.31. The number of nitrogens with two attached hydrogens (primary N) is 1. The number of halogens is 3. The topological polar surface area (TPSA) is 35.2 Å². The lowest BCUT2D eigenvalue weighted by Gasteiger charge is -2.14. The van der Waals surface area contributed by atoms with E-state index in [1.165, 1.54) is 13.2 Å². The smallest absolute Gasteiger partial charge is 0.416 e. The highest BCUT2D eigenvalue weighted by atomic mass is 19.4. The van der Waals surface area contributed by atoms with E-state index in [2.05, 4.69) is 0 Å². The van der Waals surface area contributed by atoms with Gasteiger partial charge in [-0.3, -0.25) is 0 Å². The normalized spacial score (nSPS) is 13.7. The monoisotopic (exact) mass is 219 g/mol. The van der Waals surface area contributed by atoms with Crippen molar-refractivity contribution in [3.63, 3.8) is 0 Å². The van der Waals surface area contributed by atoms with Crippen LogP contribution in [0.25, 0.3) is 0 Å². The summed E-state index contributed by atoms with van der Waals surface area (Å²) in [4.78, 5) is 0. The Bertz CT molecular complexity index is 347. The SMILES string of the molecule is COc1ccc(C(F)(F)F)cc1C(C)N. The van der Waals surface area contributed by atoms with Crippen molar-refractivity contribution in [2.75, 3.05) is 7.11 Å². The van der Waals surface area contributed by atoms with Crippen molar-refractivity contribution in [1.29, 1.82) is 0 Å². The first-order valence-electron chi connectivity index (χ1n) is 4.37. The van der Waals surface area contributed by atoms with E-state index in [9.17, 15) is 13.2 Å². The van der Waals surface area contributed by atoms with Gasteiger partial charge in [-0.15, -0.1) is 0 Å². The molecule has 0 saturated heterocycles. The maximum Gasteiger partial charge on any atom is 0.416 e. The highest BCUT2D eigenvalue weighted by Crippen LogP contribution is 2.34. The van der Waals surface area contributed by atoms with Crippen LogP contribution < -0.4 is 10.5 Å². The first kappa shape index (κ1) is 11.8. The van der Waals surface area contributed by atoms with Gasteiger partial charge in [0.2, 0.25) is 0 Å². The van der Waals surface area contributed by atoms with Crippen LogP contribution in [-0.2, 0) is 6.18 Å². The number of hydrogen-bond acceptors (Lipinski definition) is 2. The van der Waals surface area contributed by atoms with Crippen molar-refractivity contribution >= 4 is 0 Å². The summed E-state index contributed by atoms with van der Waals surface area (Å²) in [6.45, 7) is 1.61. The molecular weight excluding hydrogens is 207 g/mol. The Labute approximate surface area is 85.8 Å². The summed E-state index contributed by atoms with van der Waals surface area (Å²) in [5, 5.41) is 0. The number of ether oxygens (including phenoxy) is 1. The summed E-state index contributed by atoms with van der Waals surface area (Å²) >= 11 is 0. The van der Waals surface area contributed by atoms with Crippen molar-refractivity contribution in [3.8, 4) is 5.75 Å². The third-order valence-electron chi connectivity index (χ3n) is 2.05. The number of hydrogen-bond donors (Lipinski definition) is 1. The van der Waals surface area contributed by atoms with Gasteiger partial charge in [-0.2, -0.15) is 13.2 Å². The number of benzene rings is 1. The van der Waals surface area contributed by atoms with Crippen LogP contribution in [0, 0.1) is 0 Å². The highest BCUT2D eigenvalue weighted by molar-refractivity contribution is 5.40. The molecule has 0 saturated carbocycles. The lowest BCUT2D eigenvalue weighted by molar-refractivity contribution is -0.137. The number of rotatable bonds is 2. The van der Waals surface area contributed by atoms with E-state index in [0.29, 0.717) is 11.3 Å². The van der Waals surface area contributed by atoms with Crippen LogP contribution in [-0.4, -0.2) is 7.11 Å². The van der Waals surface area contributed by atoms with Crippen LogP contribution in [0.2, 0.25) is 0 Å². The fourth-order valence-corrected chi connectivity index (χ4v) is 1.27. The molecule has 0 radical (unpaired) electrons. The second kappa shape index (κ2) is 4.10. The molecule has 0 aliphatic heterocycles. The predicted octanol–water partition coefficient (Wildman–Crippen LogP) is 2.73. The molecule has 1 atom stereocenters. The Kier molecular flexibility index (Phi) is 3.24. The molecule has 2 N–H and O–H groups in total. The minimum atomic E-state index is -4.35. The fraction of sp³-hybridized carbons (Fsp3) is 0.400. The first-order chi connectivity index (χ1) is 6.86. The second-order valence-corrected chi connectivity index (χ2v) is 3.24. The molecule has 0 heterocycles. The maximum absolute atomic E-state index is 12.4. The molecule has 1 aromatic rings. The van der Waals surface area contributed by atoms with E-state index in [4.69, 9.17) is 10.5 Å². The lowest BCUT2D eigenvalue weighted by Crippen LogP contribution is -2.11. The lowest BCUT2D eigenvalue weighted by atomic mass is 10.0. The van der Waals surface area contributed by atoms with Gasteiger partial charge in [-0.1, -0.05) is 0 Å². The van der Waals surface area contributed by atoms with Gasteiger partial charge >= 0.3 is 6.18 Å². The van der Waals surface area contributed by atoms with Gasteiger partial charge in [0, 0.05) is 11.6 Å². The molecule has 2 nitrogen and oxygen atoms in total. The van der Waals surface area contributed by atoms with Crippen LogP contribution in [0.15, 0.2) is 18.2 Å². The van der Waals surface area contributed by atoms with Crippen molar-refractivity contribution < 1.29 is 17.9 Å². The summed E-state index contributed by atoms with van der Waals surface area (Å²) in [7, 11) is 1.40. The van der Waals surface area contributed by atoms with Crippen molar-refractivity contribution in [1.82, 2.24) is 0 Å². The Morgan fingerprint density at radius 3 is 2.33 bits per heavy atom. The standard InChI is InChI=1S/C10H12F3NO/c1-6(14)8-5-7(10(11,12)13)3-4-9(8)15-2/h3-6H,14H2,1-2H3. The third-order valence-corrected chi connectivity index (χ3v) is 2.05. The molecular formula is C10H12F3NO. The van der Waals surface area contributed by atoms with Crippen molar-refractivity contribution in [3.05, 3.63) is 29.3 Å². The Morgan fingerprint density at radius 2 is 1.93 bits per heavy atom. The molecule has 0 amide bonds. The molecule has 0 spiro atoms. The molecule has 84 valence electrons. The molecule has 1 rings (SSSR count). The van der Waals surface area contributed by atoms with Gasteiger partial charge in [-0.25, -0.2) is 0 Å². The minimum Gasteiger partial charge on any atom is -0.496 e. The molecule has 1 unspecified atom stereocenters. The van der Waals surface area contributed by atoms with Gasteiger partial charge in [0.1, 0.15) is 5.75 Å². The van der Waals surface area contributed by atoms with E-state index in [1.807, 2.05) is 0 Å². The summed E-state index contributed by atoms with van der Waals surface area (Å²) in [6.07, 6.45) is -4.35. The average molecular weight is 219 g/mol. The van der Waals surface area contributed by atoms with Crippen LogP contribution in [0.4, 0.5) is 13.2 Å². The Hall–Kier alpha value is -1.23. The van der Waals surface area contributed by atoms with E-state index in [0.717, 1.165) is 12.1 Å². The molecule has 0 aliphatic carbocycles. The quantitative estimate of drug-likeness (QED) is 0.830. The van der Waals surface area contributed by atoms with E-state index in [-0.39, 0.29) is 0 Å². The zero-order chi connectivity index (χ0) is 11.6. The Morgan fingerprint density at radius 1 is 1.33 bits per heavy atom. The number of methoxy groups -OCH3 is 1. The zero-order valence-corrected chi connectivity index (χ0v) is 8.43. The van der Waals surface area contributed by atoms with Gasteiger partial charge in [0.05, 0.1) is 12.7 Å². The van der Waals surface area contributed by atoms with Crippen LogP contribution in [0.5, 0.6) is 5.75 Å². The molecule has 0 aliphatic rings. The first-order valence-corrected chi connectivity index (χ1v) is 4.37. The molecule has 0 bridgehead atoms. The number of alkyl halides is 3. The van der Waals surface area contributed by atoms with E-state index in [1.54, 1.807) is 6.92 Å². The van der Waals surface area contributed by atoms with Gasteiger partial charge in [0.25, 0.3) is 0 Å². The maximum atomic E-state index is 12.4. The van der Waals surface area contributed by atoms with E-state index >= 15 is 0 Å². The molecule has 0 aromatic heterocycles. The summed E-state index contributed by atoms with van der Waals surface area (Å²) < 4.78 is 42.1. The summed E-state index contributed by atoms with van der Waals surface area (Å²) in [5.74, 6) is 0.373. The zero-order valence-electron chi connectivity index (χ0n) is 8.43. The Balaban J connectivity index is 3.22. The molecule has 1 aromatic carbocycles. The van der Waals surface area contributed by atoms with Crippen molar-refractivity contribution in [2.24, 2.45) is 5.73 Å². The van der Waals surface area contributed by atoms with Crippen LogP contribution in [0.1, 0.15) is 24.1 Å². The second-order valence-electron chi connectivity index (χ2n) is 3.24. The fourth-order valence-electron chi connectivity index (χ4n) is 1.27. The van der Waals surface area contributed by atoms with E-state index < -0.39 is 17.8 Å². The van der Waals surface area contributed by atoms with Crippen LogP contribution in [0.3, 0.4) is 0 Å². The van der Waals surface area contributed by atoms with Gasteiger partial charge in [0.15, 0.2) is 0 Å². The summed E-state index contributed by atoms with van der Waals surface area (Å²) in [6, 6.07) is 2.78. The average Bonchev–Trinajstić information content (AvgIpc) is 2.15. The minimum absolute atomic E-state index is 0.354. The molecule has 0 fully saturated rings. The molecule has 5 heteroatoms. The van der Waals surface area contributed by atoms with Crippen LogP contribution >= 0.6 is 0 Å². The molecule has 15 heavy (non-hydrogen) atoms. The van der Waals surface area contributed by atoms with Gasteiger partial charge < -0.3 is 10.5 Å². The predicted molar refractivity (Wildman–Crippen MR) is 50.6 cm³/mol. The summed E-state index contributed by atoms with van der Waals surface area (Å²) in [5.41, 5.74) is 5.20. The third kappa shape index (κ3) is 2.62. The van der Waals surface area contributed by atoms with Crippen molar-refractivity contribution in [2.45, 2.75) is 19.1 Å². The van der Waals surface area contributed by atoms with Gasteiger partial charge in [-0.05, 0) is 25.1 Å².